The minimum Gasteiger partial charge on any atom is -0.497 e. The van der Waals surface area contributed by atoms with Crippen LogP contribution in [0.4, 0.5) is 4.39 Å². The van der Waals surface area contributed by atoms with E-state index in [4.69, 9.17) is 9.47 Å². The summed E-state index contributed by atoms with van der Waals surface area (Å²) in [4.78, 5) is 14.3. The largest absolute Gasteiger partial charge is 0.497 e. The number of nitrogens with zero attached hydrogens (tertiary/aromatic N) is 1. The van der Waals surface area contributed by atoms with Gasteiger partial charge in [0, 0.05) is 26.1 Å². The molecule has 0 bridgehead atoms. The molecule has 1 amide bonds. The van der Waals surface area contributed by atoms with Crippen molar-refractivity contribution in [3.05, 3.63) is 23.8 Å². The Labute approximate surface area is 124 Å². The van der Waals surface area contributed by atoms with Crippen molar-refractivity contribution in [1.82, 2.24) is 4.90 Å². The van der Waals surface area contributed by atoms with E-state index in [0.29, 0.717) is 11.5 Å². The minimum atomic E-state index is -1.41. The first-order valence-corrected chi connectivity index (χ1v) is 7.29. The SMILES string of the molecule is COc1cc(O[C@H](C)F)cc([C@H](C)C(=O)N2CCCC2)c1. The lowest BCUT2D eigenvalue weighted by Gasteiger charge is -2.21. The van der Waals surface area contributed by atoms with Gasteiger partial charge in [-0.1, -0.05) is 0 Å². The summed E-state index contributed by atoms with van der Waals surface area (Å²) in [6.07, 6.45) is 0.712. The fourth-order valence-electron chi connectivity index (χ4n) is 2.57. The predicted molar refractivity (Wildman–Crippen MR) is 78.4 cm³/mol. The number of hydrogen-bond acceptors (Lipinski definition) is 3. The molecule has 116 valence electrons. The quantitative estimate of drug-likeness (QED) is 0.838. The Bertz CT molecular complexity index is 498. The Kier molecular flexibility index (Phi) is 5.04. The summed E-state index contributed by atoms with van der Waals surface area (Å²) in [5, 5.41) is 0. The van der Waals surface area contributed by atoms with Crippen LogP contribution in [0.3, 0.4) is 0 Å². The maximum Gasteiger partial charge on any atom is 0.235 e. The molecule has 21 heavy (non-hydrogen) atoms. The lowest BCUT2D eigenvalue weighted by molar-refractivity contribution is -0.131. The van der Waals surface area contributed by atoms with Crippen LogP contribution in [-0.4, -0.2) is 37.4 Å². The van der Waals surface area contributed by atoms with Crippen molar-refractivity contribution in [2.75, 3.05) is 20.2 Å². The third-order valence-corrected chi connectivity index (χ3v) is 3.72. The minimum absolute atomic E-state index is 0.0972. The Morgan fingerprint density at radius 3 is 2.38 bits per heavy atom. The summed E-state index contributed by atoms with van der Waals surface area (Å²) < 4.78 is 23.3. The average molecular weight is 295 g/mol. The molecule has 1 saturated heterocycles. The van der Waals surface area contributed by atoms with Gasteiger partial charge in [-0.05, 0) is 37.5 Å². The molecule has 2 rings (SSSR count). The van der Waals surface area contributed by atoms with E-state index in [0.717, 1.165) is 31.5 Å². The summed E-state index contributed by atoms with van der Waals surface area (Å²) in [5.74, 6) is 0.736. The van der Waals surface area contributed by atoms with Crippen LogP contribution in [0.1, 0.15) is 38.2 Å². The van der Waals surface area contributed by atoms with E-state index in [1.54, 1.807) is 18.2 Å². The van der Waals surface area contributed by atoms with E-state index in [2.05, 4.69) is 0 Å². The van der Waals surface area contributed by atoms with E-state index in [9.17, 15) is 9.18 Å². The summed E-state index contributed by atoms with van der Waals surface area (Å²) in [6, 6.07) is 5.12. The topological polar surface area (TPSA) is 38.8 Å². The number of amides is 1. The molecule has 0 aromatic heterocycles. The molecule has 0 spiro atoms. The zero-order valence-electron chi connectivity index (χ0n) is 12.8. The van der Waals surface area contributed by atoms with Crippen LogP contribution >= 0.6 is 0 Å². The zero-order chi connectivity index (χ0) is 15.4. The molecule has 1 aromatic rings. The third-order valence-electron chi connectivity index (χ3n) is 3.72. The molecule has 1 aromatic carbocycles. The van der Waals surface area contributed by atoms with Crippen molar-refractivity contribution in [3.63, 3.8) is 0 Å². The first kappa shape index (κ1) is 15.6. The molecule has 0 radical (unpaired) electrons. The lowest BCUT2D eigenvalue weighted by atomic mass is 9.99. The number of alkyl halides is 1. The van der Waals surface area contributed by atoms with Crippen LogP contribution in [0.2, 0.25) is 0 Å². The molecule has 1 aliphatic rings. The van der Waals surface area contributed by atoms with Gasteiger partial charge in [-0.2, -0.15) is 0 Å². The second-order valence-electron chi connectivity index (χ2n) is 5.36. The molecule has 5 heteroatoms. The highest BCUT2D eigenvalue weighted by atomic mass is 19.1. The van der Waals surface area contributed by atoms with E-state index in [1.165, 1.54) is 14.0 Å². The van der Waals surface area contributed by atoms with E-state index in [-0.39, 0.29) is 11.8 Å². The second-order valence-corrected chi connectivity index (χ2v) is 5.36. The highest BCUT2D eigenvalue weighted by Gasteiger charge is 2.25. The van der Waals surface area contributed by atoms with E-state index >= 15 is 0 Å². The van der Waals surface area contributed by atoms with Crippen LogP contribution in [0, 0.1) is 0 Å². The number of benzene rings is 1. The molecule has 0 unspecified atom stereocenters. The Morgan fingerprint density at radius 2 is 1.81 bits per heavy atom. The molecule has 0 aliphatic carbocycles. The van der Waals surface area contributed by atoms with Gasteiger partial charge in [-0.3, -0.25) is 4.79 Å². The van der Waals surface area contributed by atoms with Gasteiger partial charge < -0.3 is 14.4 Å². The molecular weight excluding hydrogens is 273 g/mol. The van der Waals surface area contributed by atoms with Crippen LogP contribution in [-0.2, 0) is 4.79 Å². The number of carbonyl (C=O) groups is 1. The van der Waals surface area contributed by atoms with Gasteiger partial charge in [-0.25, -0.2) is 4.39 Å². The van der Waals surface area contributed by atoms with Gasteiger partial charge in [-0.15, -0.1) is 0 Å². The highest BCUT2D eigenvalue weighted by Crippen LogP contribution is 2.30. The number of carbonyl (C=O) groups excluding carboxylic acids is 1. The molecule has 4 nitrogen and oxygen atoms in total. The summed E-state index contributed by atoms with van der Waals surface area (Å²) in [7, 11) is 1.54. The van der Waals surface area contributed by atoms with Crippen molar-refractivity contribution in [2.45, 2.75) is 39.0 Å². The van der Waals surface area contributed by atoms with E-state index < -0.39 is 6.36 Å². The summed E-state index contributed by atoms with van der Waals surface area (Å²) >= 11 is 0. The number of ether oxygens (including phenoxy) is 2. The number of halogens is 1. The first-order chi connectivity index (χ1) is 10.0. The average Bonchev–Trinajstić information content (AvgIpc) is 2.98. The smallest absolute Gasteiger partial charge is 0.235 e. The fourth-order valence-corrected chi connectivity index (χ4v) is 2.57. The van der Waals surface area contributed by atoms with Crippen LogP contribution in [0.5, 0.6) is 11.5 Å². The van der Waals surface area contributed by atoms with Crippen molar-refractivity contribution in [3.8, 4) is 11.5 Å². The lowest BCUT2D eigenvalue weighted by Crippen LogP contribution is -2.31. The van der Waals surface area contributed by atoms with Crippen molar-refractivity contribution in [1.29, 1.82) is 0 Å². The van der Waals surface area contributed by atoms with Gasteiger partial charge in [0.1, 0.15) is 11.5 Å². The predicted octanol–water partition coefficient (Wildman–Crippen LogP) is 3.12. The summed E-state index contributed by atoms with van der Waals surface area (Å²) in [6.45, 7) is 4.81. The monoisotopic (exact) mass is 295 g/mol. The maximum absolute atomic E-state index is 13.0. The fraction of sp³-hybridized carbons (Fsp3) is 0.562. The van der Waals surface area contributed by atoms with Gasteiger partial charge in [0.25, 0.3) is 0 Å². The second kappa shape index (κ2) is 6.78. The maximum atomic E-state index is 13.0. The molecule has 0 N–H and O–H groups in total. The molecule has 1 heterocycles. The van der Waals surface area contributed by atoms with Crippen molar-refractivity contribution in [2.24, 2.45) is 0 Å². The molecule has 2 atom stereocenters. The van der Waals surface area contributed by atoms with Crippen LogP contribution in [0.25, 0.3) is 0 Å². The van der Waals surface area contributed by atoms with Crippen molar-refractivity contribution >= 4 is 5.91 Å². The van der Waals surface area contributed by atoms with Gasteiger partial charge in [0.15, 0.2) is 0 Å². The van der Waals surface area contributed by atoms with Gasteiger partial charge in [0.2, 0.25) is 12.3 Å². The number of hydrogen-bond donors (Lipinski definition) is 0. The van der Waals surface area contributed by atoms with E-state index in [1.807, 2.05) is 11.8 Å². The molecule has 1 fully saturated rings. The molecule has 0 saturated carbocycles. The number of rotatable bonds is 5. The number of methoxy groups -OCH3 is 1. The first-order valence-electron chi connectivity index (χ1n) is 7.29. The Morgan fingerprint density at radius 1 is 1.19 bits per heavy atom. The van der Waals surface area contributed by atoms with Gasteiger partial charge in [0.05, 0.1) is 13.0 Å². The van der Waals surface area contributed by atoms with Gasteiger partial charge >= 0.3 is 0 Å². The van der Waals surface area contributed by atoms with Crippen LogP contribution in [0.15, 0.2) is 18.2 Å². The third kappa shape index (κ3) is 3.86. The zero-order valence-corrected chi connectivity index (χ0v) is 12.8. The number of likely N-dealkylation sites (tertiary alicyclic amines) is 1. The molecular formula is C16H22FNO3. The van der Waals surface area contributed by atoms with Crippen LogP contribution < -0.4 is 9.47 Å². The highest BCUT2D eigenvalue weighted by molar-refractivity contribution is 5.83. The normalized spacial score (nSPS) is 17.4. The summed E-state index contributed by atoms with van der Waals surface area (Å²) in [5.41, 5.74) is 0.780. The Balaban J connectivity index is 2.22. The molecule has 1 aliphatic heterocycles. The standard InChI is InChI=1S/C16H22FNO3/c1-11(16(19)18-6-4-5-7-18)13-8-14(20-3)10-15(9-13)21-12(2)17/h8-12H,4-7H2,1-3H3/t11-,12+/m0/s1. The van der Waals surface area contributed by atoms with Crippen molar-refractivity contribution < 1.29 is 18.7 Å². The Hall–Kier alpha value is -1.78.